The third-order valence-corrected chi connectivity index (χ3v) is 3.59. The quantitative estimate of drug-likeness (QED) is 0.864. The van der Waals surface area contributed by atoms with Gasteiger partial charge in [-0.2, -0.15) is 18.4 Å². The summed E-state index contributed by atoms with van der Waals surface area (Å²) in [6.45, 7) is 1.15. The molecule has 2 N–H and O–H groups in total. The molecule has 1 aromatic carbocycles. The van der Waals surface area contributed by atoms with E-state index >= 15 is 0 Å². The van der Waals surface area contributed by atoms with Crippen molar-refractivity contribution in [3.63, 3.8) is 0 Å². The van der Waals surface area contributed by atoms with E-state index in [2.05, 4.69) is 0 Å². The van der Waals surface area contributed by atoms with E-state index in [0.29, 0.717) is 5.02 Å². The van der Waals surface area contributed by atoms with Crippen LogP contribution in [0.4, 0.5) is 13.2 Å². The fraction of sp³-hybridized carbons (Fsp3) is 0.214. The maximum absolute atomic E-state index is 13.5. The van der Waals surface area contributed by atoms with Crippen LogP contribution in [-0.2, 0) is 4.79 Å². The molecule has 0 fully saturated rings. The Morgan fingerprint density at radius 3 is 2.39 bits per heavy atom. The van der Waals surface area contributed by atoms with Gasteiger partial charge in [0.2, 0.25) is 0 Å². The summed E-state index contributed by atoms with van der Waals surface area (Å²) < 4.78 is 40.6. The normalized spacial score (nSPS) is 21.0. The summed E-state index contributed by atoms with van der Waals surface area (Å²) in [6.07, 6.45) is -5.19. The van der Waals surface area contributed by atoms with Crippen LogP contribution in [0.25, 0.3) is 0 Å². The van der Waals surface area contributed by atoms with E-state index in [4.69, 9.17) is 16.9 Å². The van der Waals surface area contributed by atoms with Gasteiger partial charge in [0.1, 0.15) is 0 Å². The number of nitrogens with zero attached hydrogens (tertiary/aromatic N) is 1. The van der Waals surface area contributed by atoms with Crippen LogP contribution in [0.5, 0.6) is 0 Å². The maximum atomic E-state index is 13.5. The molecule has 2 amide bonds. The number of halogens is 4. The molecule has 0 aliphatic carbocycles. The largest absolute Gasteiger partial charge is 0.425 e. The van der Waals surface area contributed by atoms with Gasteiger partial charge in [0, 0.05) is 16.3 Å². The van der Waals surface area contributed by atoms with E-state index in [-0.39, 0.29) is 11.3 Å². The van der Waals surface area contributed by atoms with Gasteiger partial charge < -0.3 is 10.6 Å². The van der Waals surface area contributed by atoms with Gasteiger partial charge in [-0.1, -0.05) is 11.6 Å². The van der Waals surface area contributed by atoms with Crippen LogP contribution in [0.3, 0.4) is 0 Å². The molecule has 0 saturated carbocycles. The molecule has 1 aliphatic rings. The van der Waals surface area contributed by atoms with Gasteiger partial charge in [-0.05, 0) is 31.2 Å². The number of alkyl halides is 3. The van der Waals surface area contributed by atoms with E-state index in [1.807, 2.05) is 5.32 Å². The Bertz CT molecular complexity index is 750. The molecule has 0 saturated heterocycles. The summed E-state index contributed by atoms with van der Waals surface area (Å²) in [5.74, 6) is -2.68. The van der Waals surface area contributed by atoms with Crippen LogP contribution < -0.4 is 10.6 Å². The van der Waals surface area contributed by atoms with Gasteiger partial charge in [0.25, 0.3) is 17.4 Å². The van der Waals surface area contributed by atoms with Crippen LogP contribution in [0, 0.1) is 11.3 Å². The Labute approximate surface area is 133 Å². The summed E-state index contributed by atoms with van der Waals surface area (Å²) in [6, 6.07) is 6.39. The molecule has 0 spiro atoms. The zero-order chi connectivity index (χ0) is 17.4. The number of amides is 2. The van der Waals surface area contributed by atoms with E-state index < -0.39 is 29.1 Å². The molecule has 0 radical (unpaired) electrons. The number of nitrogens with one attached hydrogen (secondary N) is 2. The summed E-state index contributed by atoms with van der Waals surface area (Å²) in [4.78, 5) is 24.0. The van der Waals surface area contributed by atoms with Crippen LogP contribution in [0.15, 0.2) is 35.5 Å². The van der Waals surface area contributed by atoms with Gasteiger partial charge in [-0.25, -0.2) is 0 Å². The van der Waals surface area contributed by atoms with Crippen molar-refractivity contribution < 1.29 is 22.8 Å². The number of benzene rings is 1. The van der Waals surface area contributed by atoms with Crippen molar-refractivity contribution in [1.29, 1.82) is 5.26 Å². The zero-order valence-corrected chi connectivity index (χ0v) is 12.3. The highest BCUT2D eigenvalue weighted by atomic mass is 35.5. The van der Waals surface area contributed by atoms with Crippen molar-refractivity contribution in [3.05, 3.63) is 46.1 Å². The van der Waals surface area contributed by atoms with E-state index in [1.165, 1.54) is 30.3 Å². The molecule has 120 valence electrons. The minimum Gasteiger partial charge on any atom is -0.326 e. The number of rotatable bonds is 2. The number of hydrogen-bond acceptors (Lipinski definition) is 3. The molecule has 0 unspecified atom stereocenters. The predicted octanol–water partition coefficient (Wildman–Crippen LogP) is 2.30. The topological polar surface area (TPSA) is 82.0 Å². The lowest BCUT2D eigenvalue weighted by atomic mass is 9.90. The first kappa shape index (κ1) is 16.8. The second kappa shape index (κ2) is 5.59. The summed E-state index contributed by atoms with van der Waals surface area (Å²) >= 11 is 5.65. The summed E-state index contributed by atoms with van der Waals surface area (Å²) in [5, 5.41) is 12.9. The second-order valence-corrected chi connectivity index (χ2v) is 5.21. The third kappa shape index (κ3) is 2.64. The maximum Gasteiger partial charge on any atom is 0.425 e. The molecule has 5 nitrogen and oxygen atoms in total. The highest BCUT2D eigenvalue weighted by Gasteiger charge is 2.67. The minimum atomic E-state index is -5.19. The average molecular weight is 344 g/mol. The van der Waals surface area contributed by atoms with Crippen LogP contribution in [0.1, 0.15) is 17.3 Å². The Hall–Kier alpha value is -2.53. The lowest BCUT2D eigenvalue weighted by Gasteiger charge is -2.30. The highest BCUT2D eigenvalue weighted by Crippen LogP contribution is 2.40. The molecule has 23 heavy (non-hydrogen) atoms. The van der Waals surface area contributed by atoms with E-state index in [9.17, 15) is 22.8 Å². The minimum absolute atomic E-state index is 0.132. The van der Waals surface area contributed by atoms with Gasteiger partial charge in [-0.3, -0.25) is 9.59 Å². The van der Waals surface area contributed by atoms with Crippen molar-refractivity contribution in [2.45, 2.75) is 18.6 Å². The lowest BCUT2D eigenvalue weighted by molar-refractivity contribution is -0.184. The van der Waals surface area contributed by atoms with Crippen LogP contribution >= 0.6 is 11.6 Å². The number of nitriles is 1. The fourth-order valence-corrected chi connectivity index (χ4v) is 2.32. The third-order valence-electron chi connectivity index (χ3n) is 3.34. The van der Waals surface area contributed by atoms with Gasteiger partial charge in [0.05, 0.1) is 11.6 Å². The first-order valence-electron chi connectivity index (χ1n) is 6.21. The summed E-state index contributed by atoms with van der Waals surface area (Å²) in [5.41, 5.74) is -4.70. The Balaban J connectivity index is 2.50. The molecule has 1 atom stereocenters. The van der Waals surface area contributed by atoms with Gasteiger partial charge in [-0.15, -0.1) is 0 Å². The van der Waals surface area contributed by atoms with Crippen molar-refractivity contribution in [2.24, 2.45) is 0 Å². The van der Waals surface area contributed by atoms with Crippen molar-refractivity contribution in [3.8, 4) is 6.07 Å². The first-order valence-corrected chi connectivity index (χ1v) is 6.59. The average Bonchev–Trinajstić information content (AvgIpc) is 2.70. The molecular weight excluding hydrogens is 335 g/mol. The summed E-state index contributed by atoms with van der Waals surface area (Å²) in [7, 11) is 0. The second-order valence-electron chi connectivity index (χ2n) is 4.77. The van der Waals surface area contributed by atoms with Gasteiger partial charge >= 0.3 is 6.18 Å². The number of hydrogen-bond donors (Lipinski definition) is 2. The zero-order valence-electron chi connectivity index (χ0n) is 11.6. The molecule has 1 aromatic rings. The molecule has 9 heteroatoms. The van der Waals surface area contributed by atoms with Gasteiger partial charge in [0.15, 0.2) is 0 Å². The van der Waals surface area contributed by atoms with E-state index in [0.717, 1.165) is 6.92 Å². The standard InChI is InChI=1S/C14H9ClF3N3O2/c1-7-10(6-19)13(12(23)20-7,14(16,17)18)21-11(22)8-2-4-9(15)5-3-8/h2-5H,1H3,(H,20,23)(H,21,22)/t13-/m1/s1. The molecule has 2 rings (SSSR count). The molecule has 1 aliphatic heterocycles. The smallest absolute Gasteiger partial charge is 0.326 e. The van der Waals surface area contributed by atoms with Crippen molar-refractivity contribution in [1.82, 2.24) is 10.6 Å². The molecule has 0 aromatic heterocycles. The predicted molar refractivity (Wildman–Crippen MR) is 74.2 cm³/mol. The van der Waals surface area contributed by atoms with Crippen LogP contribution in [0.2, 0.25) is 5.02 Å². The fourth-order valence-electron chi connectivity index (χ4n) is 2.19. The molecule has 1 heterocycles. The molecule has 0 bridgehead atoms. The number of allylic oxidation sites excluding steroid dienone is 1. The van der Waals surface area contributed by atoms with Crippen molar-refractivity contribution >= 4 is 23.4 Å². The van der Waals surface area contributed by atoms with Crippen molar-refractivity contribution in [2.75, 3.05) is 0 Å². The number of carbonyl (C=O) groups is 2. The number of carbonyl (C=O) groups excluding carboxylic acids is 2. The van der Waals surface area contributed by atoms with Crippen LogP contribution in [-0.4, -0.2) is 23.5 Å². The first-order chi connectivity index (χ1) is 10.6. The molecular formula is C14H9ClF3N3O2. The SMILES string of the molecule is CC1=C(C#N)[C@](NC(=O)c2ccc(Cl)cc2)(C(F)(F)F)C(=O)N1. The van der Waals surface area contributed by atoms with E-state index in [1.54, 1.807) is 5.32 Å². The Morgan fingerprint density at radius 2 is 1.91 bits per heavy atom. The Kier molecular flexibility index (Phi) is 4.09. The lowest BCUT2D eigenvalue weighted by Crippen LogP contribution is -2.64. The Morgan fingerprint density at radius 1 is 1.35 bits per heavy atom. The monoisotopic (exact) mass is 343 g/mol. The highest BCUT2D eigenvalue weighted by molar-refractivity contribution is 6.30.